The van der Waals surface area contributed by atoms with Gasteiger partial charge in [0.2, 0.25) is 0 Å². The van der Waals surface area contributed by atoms with Crippen molar-refractivity contribution in [2.24, 2.45) is 0 Å². The third-order valence-corrected chi connectivity index (χ3v) is 5.25. The van der Waals surface area contributed by atoms with Crippen LogP contribution in [0.3, 0.4) is 0 Å². The van der Waals surface area contributed by atoms with Gasteiger partial charge in [-0.2, -0.15) is 0 Å². The molecule has 0 radical (unpaired) electrons. The van der Waals surface area contributed by atoms with Crippen LogP contribution in [0.4, 0.5) is 0 Å². The standard InChI is InChI=1S/C20H26N2O3/c1-14-7-5-8-15(13-14)18(23)17-11-6-12-22(17)20(25)19(24)21-16-9-3-2-4-10-16/h5,7-8,13,16-17H,2-4,6,9-12H2,1H3,(H,21,24). The van der Waals surface area contributed by atoms with Gasteiger partial charge in [-0.05, 0) is 38.7 Å². The third kappa shape index (κ3) is 4.09. The zero-order valence-corrected chi connectivity index (χ0v) is 14.8. The number of hydrogen-bond donors (Lipinski definition) is 1. The minimum absolute atomic E-state index is 0.0694. The Labute approximate surface area is 148 Å². The van der Waals surface area contributed by atoms with Crippen molar-refractivity contribution in [3.63, 3.8) is 0 Å². The van der Waals surface area contributed by atoms with Crippen LogP contribution in [0.2, 0.25) is 0 Å². The van der Waals surface area contributed by atoms with Crippen molar-refractivity contribution in [2.75, 3.05) is 6.54 Å². The number of carbonyl (C=O) groups is 3. The Hall–Kier alpha value is -2.17. The fourth-order valence-corrected chi connectivity index (χ4v) is 3.90. The number of likely N-dealkylation sites (tertiary alicyclic amines) is 1. The predicted molar refractivity (Wildman–Crippen MR) is 95.3 cm³/mol. The molecule has 1 atom stereocenters. The molecule has 1 aliphatic heterocycles. The lowest BCUT2D eigenvalue weighted by molar-refractivity contribution is -0.146. The molecule has 0 spiro atoms. The molecule has 134 valence electrons. The molecule has 3 rings (SSSR count). The Balaban J connectivity index is 1.66. The molecule has 0 aromatic heterocycles. The Morgan fingerprint density at radius 1 is 1.04 bits per heavy atom. The summed E-state index contributed by atoms with van der Waals surface area (Å²) in [5.74, 6) is -1.19. The second-order valence-corrected chi connectivity index (χ2v) is 7.20. The number of Topliss-reactive ketones (excluding diaryl/α,β-unsaturated/α-hetero) is 1. The molecule has 5 nitrogen and oxygen atoms in total. The summed E-state index contributed by atoms with van der Waals surface area (Å²) in [6.45, 7) is 2.41. The highest BCUT2D eigenvalue weighted by molar-refractivity contribution is 6.35. The molecule has 1 heterocycles. The van der Waals surface area contributed by atoms with Crippen molar-refractivity contribution in [3.05, 3.63) is 35.4 Å². The van der Waals surface area contributed by atoms with Gasteiger partial charge in [-0.15, -0.1) is 0 Å². The summed E-state index contributed by atoms with van der Waals surface area (Å²) in [6.07, 6.45) is 6.63. The molecular formula is C20H26N2O3. The van der Waals surface area contributed by atoms with Crippen LogP contribution < -0.4 is 5.32 Å². The molecule has 1 saturated heterocycles. The highest BCUT2D eigenvalue weighted by Crippen LogP contribution is 2.22. The topological polar surface area (TPSA) is 66.5 Å². The van der Waals surface area contributed by atoms with Gasteiger partial charge in [0.1, 0.15) is 0 Å². The summed E-state index contributed by atoms with van der Waals surface area (Å²) in [4.78, 5) is 39.2. The highest BCUT2D eigenvalue weighted by atomic mass is 16.2. The number of nitrogens with zero attached hydrogens (tertiary/aromatic N) is 1. The molecule has 1 N–H and O–H groups in total. The van der Waals surface area contributed by atoms with Gasteiger partial charge in [-0.25, -0.2) is 0 Å². The minimum atomic E-state index is -0.561. The van der Waals surface area contributed by atoms with Crippen LogP contribution in [0.15, 0.2) is 24.3 Å². The molecule has 0 bridgehead atoms. The highest BCUT2D eigenvalue weighted by Gasteiger charge is 2.37. The lowest BCUT2D eigenvalue weighted by atomic mass is 9.95. The molecule has 1 aromatic carbocycles. The van der Waals surface area contributed by atoms with Crippen molar-refractivity contribution in [2.45, 2.75) is 64.0 Å². The molecule has 5 heteroatoms. The number of hydrogen-bond acceptors (Lipinski definition) is 3. The lowest BCUT2D eigenvalue weighted by Crippen LogP contribution is -2.50. The molecule has 1 unspecified atom stereocenters. The first-order valence-corrected chi connectivity index (χ1v) is 9.28. The van der Waals surface area contributed by atoms with Crippen molar-refractivity contribution in [1.29, 1.82) is 0 Å². The second-order valence-electron chi connectivity index (χ2n) is 7.20. The van der Waals surface area contributed by atoms with E-state index in [0.717, 1.165) is 37.7 Å². The van der Waals surface area contributed by atoms with Crippen molar-refractivity contribution in [3.8, 4) is 0 Å². The summed E-state index contributed by atoms with van der Waals surface area (Å²) in [6, 6.07) is 6.97. The largest absolute Gasteiger partial charge is 0.345 e. The number of aryl methyl sites for hydroxylation is 1. The van der Waals surface area contributed by atoms with Crippen molar-refractivity contribution < 1.29 is 14.4 Å². The van der Waals surface area contributed by atoms with E-state index in [2.05, 4.69) is 5.32 Å². The summed E-state index contributed by atoms with van der Waals surface area (Å²) in [5.41, 5.74) is 1.62. The maximum atomic E-state index is 12.8. The van der Waals surface area contributed by atoms with Gasteiger partial charge in [0, 0.05) is 18.2 Å². The first-order valence-electron chi connectivity index (χ1n) is 9.28. The Morgan fingerprint density at radius 3 is 2.52 bits per heavy atom. The van der Waals surface area contributed by atoms with Gasteiger partial charge in [0.25, 0.3) is 0 Å². The molecule has 1 aliphatic carbocycles. The van der Waals surface area contributed by atoms with Gasteiger partial charge < -0.3 is 10.2 Å². The zero-order valence-electron chi connectivity index (χ0n) is 14.8. The van der Waals surface area contributed by atoms with Crippen molar-refractivity contribution >= 4 is 17.6 Å². The Bertz CT molecular complexity index is 665. The van der Waals surface area contributed by atoms with Crippen LogP contribution in [0.25, 0.3) is 0 Å². The maximum absolute atomic E-state index is 12.8. The van der Waals surface area contributed by atoms with E-state index in [1.165, 1.54) is 11.3 Å². The van der Waals surface area contributed by atoms with E-state index < -0.39 is 17.9 Å². The van der Waals surface area contributed by atoms with E-state index in [9.17, 15) is 14.4 Å². The van der Waals surface area contributed by atoms with Crippen molar-refractivity contribution in [1.82, 2.24) is 10.2 Å². The number of nitrogens with one attached hydrogen (secondary N) is 1. The van der Waals surface area contributed by atoms with Crippen LogP contribution in [-0.2, 0) is 9.59 Å². The molecule has 1 aromatic rings. The Kier molecular flexibility index (Phi) is 5.51. The average Bonchev–Trinajstić information content (AvgIpc) is 3.11. The average molecular weight is 342 g/mol. The number of rotatable bonds is 3. The minimum Gasteiger partial charge on any atom is -0.345 e. The summed E-state index contributed by atoms with van der Waals surface area (Å²) < 4.78 is 0. The van der Waals surface area contributed by atoms with E-state index in [0.29, 0.717) is 18.5 Å². The van der Waals surface area contributed by atoms with E-state index in [1.807, 2.05) is 25.1 Å². The number of amides is 2. The summed E-state index contributed by atoms with van der Waals surface area (Å²) in [5, 5.41) is 2.86. The molecule has 1 saturated carbocycles. The van der Waals surface area contributed by atoms with Gasteiger partial charge >= 0.3 is 11.8 Å². The van der Waals surface area contributed by atoms with Crippen LogP contribution in [0.1, 0.15) is 60.9 Å². The van der Waals surface area contributed by atoms with Gasteiger partial charge in [0.05, 0.1) is 6.04 Å². The predicted octanol–water partition coefficient (Wildman–Crippen LogP) is 2.62. The van der Waals surface area contributed by atoms with E-state index in [4.69, 9.17) is 0 Å². The number of carbonyl (C=O) groups excluding carboxylic acids is 3. The SMILES string of the molecule is Cc1cccc(C(=O)C2CCCN2C(=O)C(=O)NC2CCCCC2)c1. The monoisotopic (exact) mass is 342 g/mol. The molecular weight excluding hydrogens is 316 g/mol. The van der Waals surface area contributed by atoms with Gasteiger partial charge in [0.15, 0.2) is 5.78 Å². The summed E-state index contributed by atoms with van der Waals surface area (Å²) in [7, 11) is 0. The van der Waals surface area contributed by atoms with E-state index in [-0.39, 0.29) is 11.8 Å². The van der Waals surface area contributed by atoms with Gasteiger partial charge in [-0.3, -0.25) is 14.4 Å². The first-order chi connectivity index (χ1) is 12.1. The van der Waals surface area contributed by atoms with Crippen LogP contribution in [0, 0.1) is 6.92 Å². The van der Waals surface area contributed by atoms with Crippen LogP contribution in [-0.4, -0.2) is 41.1 Å². The van der Waals surface area contributed by atoms with Crippen LogP contribution >= 0.6 is 0 Å². The summed E-state index contributed by atoms with van der Waals surface area (Å²) >= 11 is 0. The van der Waals surface area contributed by atoms with E-state index >= 15 is 0 Å². The lowest BCUT2D eigenvalue weighted by Gasteiger charge is -2.26. The number of benzene rings is 1. The second kappa shape index (κ2) is 7.81. The van der Waals surface area contributed by atoms with Crippen LogP contribution in [0.5, 0.6) is 0 Å². The van der Waals surface area contributed by atoms with E-state index in [1.54, 1.807) is 6.07 Å². The van der Waals surface area contributed by atoms with Gasteiger partial charge in [-0.1, -0.05) is 43.0 Å². The molecule has 25 heavy (non-hydrogen) atoms. The first kappa shape index (κ1) is 17.6. The quantitative estimate of drug-likeness (QED) is 0.678. The molecule has 2 aliphatic rings. The molecule has 2 fully saturated rings. The Morgan fingerprint density at radius 2 is 1.80 bits per heavy atom. The maximum Gasteiger partial charge on any atom is 0.312 e. The fourth-order valence-electron chi connectivity index (χ4n) is 3.90. The zero-order chi connectivity index (χ0) is 17.8. The third-order valence-electron chi connectivity index (χ3n) is 5.25. The molecule has 2 amide bonds. The number of ketones is 1. The fraction of sp³-hybridized carbons (Fsp3) is 0.550. The smallest absolute Gasteiger partial charge is 0.312 e. The normalized spacial score (nSPS) is 21.2.